The number of nitrogens with one attached hydrogen (secondary N) is 1. The molecule has 0 saturated carbocycles. The Morgan fingerprint density at radius 3 is 2.28 bits per heavy atom. The maximum Gasteiger partial charge on any atom is 0.111 e. The van der Waals surface area contributed by atoms with Gasteiger partial charge in [0.1, 0.15) is 5.82 Å². The molecule has 0 amide bonds. The standard InChI is InChI=1S/C16H30N2/c1-7-9-10-11-16(5,6)13-12-17-14(18-13)15(3,4)8-2/h12H,7-11H2,1-6H3,(H,17,18). The smallest absolute Gasteiger partial charge is 0.111 e. The Bertz CT molecular complexity index is 361. The summed E-state index contributed by atoms with van der Waals surface area (Å²) in [5.74, 6) is 1.13. The van der Waals surface area contributed by atoms with Crippen molar-refractivity contribution in [3.63, 3.8) is 0 Å². The second-order valence-corrected chi connectivity index (χ2v) is 6.72. The molecular weight excluding hydrogens is 220 g/mol. The highest BCUT2D eigenvalue weighted by Gasteiger charge is 2.26. The van der Waals surface area contributed by atoms with E-state index >= 15 is 0 Å². The quantitative estimate of drug-likeness (QED) is 0.681. The predicted octanol–water partition coefficient (Wildman–Crippen LogP) is 4.96. The molecule has 1 rings (SSSR count). The van der Waals surface area contributed by atoms with Gasteiger partial charge in [-0.05, 0) is 12.8 Å². The first-order chi connectivity index (χ1) is 8.33. The van der Waals surface area contributed by atoms with Crippen molar-refractivity contribution in [2.75, 3.05) is 0 Å². The fourth-order valence-corrected chi connectivity index (χ4v) is 2.13. The lowest BCUT2D eigenvalue weighted by molar-refractivity contribution is 0.433. The zero-order valence-corrected chi connectivity index (χ0v) is 13.1. The molecule has 0 saturated heterocycles. The van der Waals surface area contributed by atoms with Gasteiger partial charge in [0.15, 0.2) is 0 Å². The summed E-state index contributed by atoms with van der Waals surface area (Å²) in [5.41, 5.74) is 1.65. The molecule has 0 fully saturated rings. The van der Waals surface area contributed by atoms with Crippen LogP contribution in [0.25, 0.3) is 0 Å². The van der Waals surface area contributed by atoms with Gasteiger partial charge in [0.05, 0.1) is 0 Å². The van der Waals surface area contributed by atoms with E-state index in [1.54, 1.807) is 0 Å². The molecule has 0 aliphatic carbocycles. The van der Waals surface area contributed by atoms with Crippen molar-refractivity contribution in [1.29, 1.82) is 0 Å². The highest BCUT2D eigenvalue weighted by Crippen LogP contribution is 2.31. The molecule has 0 unspecified atom stereocenters. The molecule has 104 valence electrons. The van der Waals surface area contributed by atoms with E-state index in [2.05, 4.69) is 51.5 Å². The molecular formula is C16H30N2. The predicted molar refractivity (Wildman–Crippen MR) is 79.1 cm³/mol. The molecule has 0 radical (unpaired) electrons. The first-order valence-electron chi connectivity index (χ1n) is 7.39. The number of rotatable bonds is 7. The molecule has 2 heteroatoms. The van der Waals surface area contributed by atoms with Gasteiger partial charge in [0.25, 0.3) is 0 Å². The highest BCUT2D eigenvalue weighted by atomic mass is 14.9. The first kappa shape index (κ1) is 15.3. The highest BCUT2D eigenvalue weighted by molar-refractivity contribution is 5.16. The van der Waals surface area contributed by atoms with Crippen LogP contribution < -0.4 is 0 Å². The molecule has 0 spiro atoms. The average molecular weight is 250 g/mol. The van der Waals surface area contributed by atoms with Crippen LogP contribution in [-0.2, 0) is 10.8 Å². The van der Waals surface area contributed by atoms with Gasteiger partial charge in [-0.25, -0.2) is 4.98 Å². The first-order valence-corrected chi connectivity index (χ1v) is 7.39. The topological polar surface area (TPSA) is 28.7 Å². The van der Waals surface area contributed by atoms with Crippen LogP contribution in [0, 0.1) is 0 Å². The summed E-state index contributed by atoms with van der Waals surface area (Å²) in [5, 5.41) is 0. The van der Waals surface area contributed by atoms with Crippen LogP contribution in [0.4, 0.5) is 0 Å². The molecule has 1 aromatic rings. The van der Waals surface area contributed by atoms with Crippen LogP contribution in [0.3, 0.4) is 0 Å². The van der Waals surface area contributed by atoms with E-state index < -0.39 is 0 Å². The van der Waals surface area contributed by atoms with Crippen molar-refractivity contribution in [1.82, 2.24) is 9.97 Å². The average Bonchev–Trinajstić information content (AvgIpc) is 2.80. The minimum atomic E-state index is 0.151. The maximum atomic E-state index is 4.60. The molecule has 0 aliphatic heterocycles. The van der Waals surface area contributed by atoms with E-state index in [0.717, 1.165) is 12.2 Å². The summed E-state index contributed by atoms with van der Waals surface area (Å²) in [6, 6.07) is 0. The zero-order valence-electron chi connectivity index (χ0n) is 13.1. The minimum Gasteiger partial charge on any atom is -0.345 e. The Hall–Kier alpha value is -0.790. The summed E-state index contributed by atoms with van der Waals surface area (Å²) >= 11 is 0. The molecule has 18 heavy (non-hydrogen) atoms. The molecule has 0 atom stereocenters. The molecule has 0 aromatic carbocycles. The number of hydrogen-bond donors (Lipinski definition) is 1. The number of aromatic amines is 1. The second kappa shape index (κ2) is 5.90. The summed E-state index contributed by atoms with van der Waals surface area (Å²) in [6.45, 7) is 13.6. The minimum absolute atomic E-state index is 0.151. The van der Waals surface area contributed by atoms with Gasteiger partial charge < -0.3 is 4.98 Å². The van der Waals surface area contributed by atoms with Crippen LogP contribution in [0.2, 0.25) is 0 Å². The van der Waals surface area contributed by atoms with Crippen LogP contribution in [0.1, 0.15) is 85.2 Å². The van der Waals surface area contributed by atoms with Crippen LogP contribution in [0.5, 0.6) is 0 Å². The van der Waals surface area contributed by atoms with Crippen molar-refractivity contribution < 1.29 is 0 Å². The Morgan fingerprint density at radius 1 is 1.06 bits per heavy atom. The van der Waals surface area contributed by atoms with Crippen molar-refractivity contribution >= 4 is 0 Å². The molecule has 0 bridgehead atoms. The molecule has 1 N–H and O–H groups in total. The maximum absolute atomic E-state index is 4.60. The van der Waals surface area contributed by atoms with E-state index in [-0.39, 0.29) is 10.8 Å². The number of unbranched alkanes of at least 4 members (excludes halogenated alkanes) is 2. The number of hydrogen-bond acceptors (Lipinski definition) is 1. The van der Waals surface area contributed by atoms with Gasteiger partial charge in [0.2, 0.25) is 0 Å². The van der Waals surface area contributed by atoms with Gasteiger partial charge in [0, 0.05) is 22.7 Å². The monoisotopic (exact) mass is 250 g/mol. The Balaban J connectivity index is 2.78. The number of imidazole rings is 1. The lowest BCUT2D eigenvalue weighted by Gasteiger charge is -2.24. The number of H-pyrrole nitrogens is 1. The Kier molecular flexibility index (Phi) is 5.01. The third-order valence-electron chi connectivity index (χ3n) is 4.24. The summed E-state index contributed by atoms with van der Waals surface area (Å²) in [6.07, 6.45) is 8.29. The third kappa shape index (κ3) is 3.60. The SMILES string of the molecule is CCCCCC(C)(C)c1cnc(C(C)(C)CC)[nH]1. The molecule has 2 nitrogen and oxygen atoms in total. The fourth-order valence-electron chi connectivity index (χ4n) is 2.13. The Labute approximate surface area is 113 Å². The van der Waals surface area contributed by atoms with Crippen LogP contribution in [0.15, 0.2) is 6.20 Å². The largest absolute Gasteiger partial charge is 0.345 e. The van der Waals surface area contributed by atoms with Crippen LogP contribution in [-0.4, -0.2) is 9.97 Å². The normalized spacial score (nSPS) is 13.0. The molecule has 1 aromatic heterocycles. The van der Waals surface area contributed by atoms with Gasteiger partial charge >= 0.3 is 0 Å². The number of nitrogens with zero attached hydrogens (tertiary/aromatic N) is 1. The van der Waals surface area contributed by atoms with Gasteiger partial charge in [-0.3, -0.25) is 0 Å². The molecule has 0 aliphatic rings. The zero-order chi connectivity index (χ0) is 13.8. The van der Waals surface area contributed by atoms with Gasteiger partial charge in [-0.15, -0.1) is 0 Å². The van der Waals surface area contributed by atoms with E-state index in [1.165, 1.54) is 31.4 Å². The fraction of sp³-hybridized carbons (Fsp3) is 0.812. The summed E-state index contributed by atoms with van der Waals surface area (Å²) in [4.78, 5) is 8.16. The van der Waals surface area contributed by atoms with Crippen LogP contribution >= 0.6 is 0 Å². The third-order valence-corrected chi connectivity index (χ3v) is 4.24. The van der Waals surface area contributed by atoms with Crippen molar-refractivity contribution in [2.24, 2.45) is 0 Å². The van der Waals surface area contributed by atoms with Gasteiger partial charge in [-0.2, -0.15) is 0 Å². The van der Waals surface area contributed by atoms with Gasteiger partial charge in [-0.1, -0.05) is 60.8 Å². The van der Waals surface area contributed by atoms with Crippen molar-refractivity contribution in [2.45, 2.75) is 84.5 Å². The van der Waals surface area contributed by atoms with Crippen molar-refractivity contribution in [3.8, 4) is 0 Å². The summed E-state index contributed by atoms with van der Waals surface area (Å²) in [7, 11) is 0. The number of aromatic nitrogens is 2. The van der Waals surface area contributed by atoms with E-state index in [4.69, 9.17) is 0 Å². The second-order valence-electron chi connectivity index (χ2n) is 6.72. The van der Waals surface area contributed by atoms with Crippen molar-refractivity contribution in [3.05, 3.63) is 17.7 Å². The van der Waals surface area contributed by atoms with E-state index in [0.29, 0.717) is 0 Å². The lowest BCUT2D eigenvalue weighted by atomic mass is 9.84. The Morgan fingerprint density at radius 2 is 1.72 bits per heavy atom. The van der Waals surface area contributed by atoms with E-state index in [9.17, 15) is 0 Å². The lowest BCUT2D eigenvalue weighted by Crippen LogP contribution is -2.20. The van der Waals surface area contributed by atoms with E-state index in [1.807, 2.05) is 6.20 Å². The molecule has 1 heterocycles. The summed E-state index contributed by atoms with van der Waals surface area (Å²) < 4.78 is 0.